The van der Waals surface area contributed by atoms with E-state index in [2.05, 4.69) is 26.5 Å². The first-order valence-corrected chi connectivity index (χ1v) is 9.65. The van der Waals surface area contributed by atoms with Crippen molar-refractivity contribution in [2.24, 2.45) is 28.6 Å². The van der Waals surface area contributed by atoms with Crippen molar-refractivity contribution in [1.29, 1.82) is 0 Å². The van der Waals surface area contributed by atoms with Gasteiger partial charge in [-0.05, 0) is 56.3 Å². The lowest BCUT2D eigenvalue weighted by Crippen LogP contribution is -2.54. The molecule has 4 aliphatic rings. The number of likely N-dealkylation sites (tertiary alicyclic amines) is 1. The van der Waals surface area contributed by atoms with Crippen LogP contribution in [-0.2, 0) is 9.53 Å². The summed E-state index contributed by atoms with van der Waals surface area (Å²) in [5.74, 6) is 2.50. The van der Waals surface area contributed by atoms with Gasteiger partial charge in [-0.2, -0.15) is 0 Å². The predicted molar refractivity (Wildman–Crippen MR) is 94.9 cm³/mol. The summed E-state index contributed by atoms with van der Waals surface area (Å²) in [6.45, 7) is 8.66. The lowest BCUT2D eigenvalue weighted by Gasteiger charge is -2.58. The number of ether oxygens (including phenoxy) is 1. The fraction of sp³-hybridized carbons (Fsp3) is 0.762. The SMILES string of the molecule is C=CO[C@H]1CC[C@H]2[C@@H]3CC=C4N(C)C(=O)CC[C@]4(C)[C@H]3CC[C@]12C. The van der Waals surface area contributed by atoms with E-state index in [4.69, 9.17) is 4.74 Å². The van der Waals surface area contributed by atoms with Gasteiger partial charge in [0.15, 0.2) is 0 Å². The first kappa shape index (κ1) is 16.2. The lowest BCUT2D eigenvalue weighted by atomic mass is 9.49. The van der Waals surface area contributed by atoms with Gasteiger partial charge in [0.1, 0.15) is 6.10 Å². The number of amides is 1. The Morgan fingerprint density at radius 3 is 2.79 bits per heavy atom. The van der Waals surface area contributed by atoms with Crippen molar-refractivity contribution in [3.05, 3.63) is 24.6 Å². The molecule has 1 aliphatic heterocycles. The molecule has 0 aromatic carbocycles. The largest absolute Gasteiger partial charge is 0.498 e. The van der Waals surface area contributed by atoms with E-state index in [1.807, 2.05) is 11.9 Å². The Morgan fingerprint density at radius 1 is 1.25 bits per heavy atom. The number of rotatable bonds is 2. The maximum absolute atomic E-state index is 12.2. The fourth-order valence-electron chi connectivity index (χ4n) is 6.87. The van der Waals surface area contributed by atoms with Gasteiger partial charge in [0.05, 0.1) is 6.26 Å². The van der Waals surface area contributed by atoms with E-state index < -0.39 is 0 Å². The molecule has 1 heterocycles. The minimum atomic E-state index is 0.185. The third-order valence-electron chi connectivity index (χ3n) is 8.19. The van der Waals surface area contributed by atoms with Gasteiger partial charge < -0.3 is 9.64 Å². The second kappa shape index (κ2) is 5.37. The molecule has 24 heavy (non-hydrogen) atoms. The van der Waals surface area contributed by atoms with Gasteiger partial charge in [-0.3, -0.25) is 4.79 Å². The van der Waals surface area contributed by atoms with Crippen molar-refractivity contribution in [3.8, 4) is 0 Å². The van der Waals surface area contributed by atoms with E-state index in [-0.39, 0.29) is 11.3 Å². The van der Waals surface area contributed by atoms with E-state index in [1.165, 1.54) is 31.4 Å². The van der Waals surface area contributed by atoms with Crippen molar-refractivity contribution in [1.82, 2.24) is 4.90 Å². The molecule has 132 valence electrons. The molecule has 1 amide bonds. The fourth-order valence-corrected chi connectivity index (χ4v) is 6.87. The molecule has 0 unspecified atom stereocenters. The Kier molecular flexibility index (Phi) is 3.63. The van der Waals surface area contributed by atoms with Crippen LogP contribution in [0, 0.1) is 28.6 Å². The molecule has 3 aliphatic carbocycles. The highest BCUT2D eigenvalue weighted by Crippen LogP contribution is 2.64. The number of fused-ring (bicyclic) bond motifs is 5. The van der Waals surface area contributed by atoms with Gasteiger partial charge in [0, 0.05) is 30.0 Å². The van der Waals surface area contributed by atoms with Crippen molar-refractivity contribution < 1.29 is 9.53 Å². The van der Waals surface area contributed by atoms with Crippen LogP contribution in [0.3, 0.4) is 0 Å². The van der Waals surface area contributed by atoms with Crippen molar-refractivity contribution in [2.45, 2.75) is 64.9 Å². The standard InChI is InChI=1S/C21H31NO2/c1-5-24-18-9-7-15-14-6-8-17-20(2,13-11-19(23)22(17)4)16(14)10-12-21(15,18)3/h5,8,14-16,18H,1,6-7,9-13H2,2-4H3/t14-,15-,16-,18-,20+,21-/m0/s1. The molecule has 3 nitrogen and oxygen atoms in total. The normalized spacial score (nSPS) is 47.4. The summed E-state index contributed by atoms with van der Waals surface area (Å²) in [4.78, 5) is 14.1. The smallest absolute Gasteiger partial charge is 0.226 e. The summed E-state index contributed by atoms with van der Waals surface area (Å²) >= 11 is 0. The third kappa shape index (κ3) is 1.99. The van der Waals surface area contributed by atoms with Gasteiger partial charge >= 0.3 is 0 Å². The average Bonchev–Trinajstić information content (AvgIpc) is 2.89. The minimum Gasteiger partial charge on any atom is -0.498 e. The molecule has 0 bridgehead atoms. The van der Waals surface area contributed by atoms with Gasteiger partial charge in [0.25, 0.3) is 0 Å². The summed E-state index contributed by atoms with van der Waals surface area (Å²) in [7, 11) is 1.97. The third-order valence-corrected chi connectivity index (χ3v) is 8.19. The van der Waals surface area contributed by atoms with Crippen LogP contribution in [0.4, 0.5) is 0 Å². The molecule has 2 saturated carbocycles. The molecule has 3 heteroatoms. The Bertz CT molecular complexity index is 597. The summed E-state index contributed by atoms with van der Waals surface area (Å²) in [6, 6.07) is 0. The minimum absolute atomic E-state index is 0.185. The monoisotopic (exact) mass is 329 g/mol. The van der Waals surface area contributed by atoms with E-state index >= 15 is 0 Å². The van der Waals surface area contributed by atoms with E-state index in [0.717, 1.165) is 24.7 Å². The molecule has 0 aromatic rings. The molecule has 0 radical (unpaired) electrons. The van der Waals surface area contributed by atoms with Gasteiger partial charge in [-0.15, -0.1) is 0 Å². The molecule has 6 atom stereocenters. The Hall–Kier alpha value is -1.25. The van der Waals surface area contributed by atoms with Crippen LogP contribution in [-0.4, -0.2) is 24.0 Å². The summed E-state index contributed by atoms with van der Waals surface area (Å²) in [5, 5.41) is 0. The van der Waals surface area contributed by atoms with Crippen LogP contribution < -0.4 is 0 Å². The topological polar surface area (TPSA) is 29.5 Å². The highest BCUT2D eigenvalue weighted by molar-refractivity contribution is 5.79. The van der Waals surface area contributed by atoms with Gasteiger partial charge in [-0.1, -0.05) is 26.5 Å². The zero-order valence-electron chi connectivity index (χ0n) is 15.4. The van der Waals surface area contributed by atoms with Crippen LogP contribution in [0.2, 0.25) is 0 Å². The highest BCUT2D eigenvalue weighted by Gasteiger charge is 2.59. The number of nitrogens with zero attached hydrogens (tertiary/aromatic N) is 1. The molecular formula is C21H31NO2. The molecule has 3 fully saturated rings. The highest BCUT2D eigenvalue weighted by atomic mass is 16.5. The number of hydrogen-bond donors (Lipinski definition) is 0. The van der Waals surface area contributed by atoms with Gasteiger partial charge in [0.2, 0.25) is 5.91 Å². The number of hydrogen-bond acceptors (Lipinski definition) is 2. The zero-order valence-corrected chi connectivity index (χ0v) is 15.4. The van der Waals surface area contributed by atoms with Crippen LogP contribution in [0.1, 0.15) is 58.8 Å². The molecule has 4 rings (SSSR count). The van der Waals surface area contributed by atoms with E-state index in [0.29, 0.717) is 23.9 Å². The van der Waals surface area contributed by atoms with Crippen molar-refractivity contribution in [3.63, 3.8) is 0 Å². The van der Waals surface area contributed by atoms with E-state index in [9.17, 15) is 4.79 Å². The van der Waals surface area contributed by atoms with E-state index in [1.54, 1.807) is 6.26 Å². The lowest BCUT2D eigenvalue weighted by molar-refractivity contribution is -0.136. The van der Waals surface area contributed by atoms with Gasteiger partial charge in [-0.25, -0.2) is 0 Å². The zero-order chi connectivity index (χ0) is 17.1. The Balaban J connectivity index is 1.67. The molecule has 0 aromatic heterocycles. The van der Waals surface area contributed by atoms with Crippen molar-refractivity contribution >= 4 is 5.91 Å². The second-order valence-electron chi connectivity index (χ2n) is 8.99. The second-order valence-corrected chi connectivity index (χ2v) is 8.99. The van der Waals surface area contributed by atoms with Crippen LogP contribution in [0.5, 0.6) is 0 Å². The quantitative estimate of drug-likeness (QED) is 0.698. The maximum atomic E-state index is 12.2. The average molecular weight is 329 g/mol. The maximum Gasteiger partial charge on any atom is 0.226 e. The van der Waals surface area contributed by atoms with Crippen LogP contribution in [0.15, 0.2) is 24.6 Å². The molecule has 0 spiro atoms. The summed E-state index contributed by atoms with van der Waals surface area (Å²) in [5.41, 5.74) is 1.79. The molecule has 0 N–H and O–H groups in total. The Labute approximate surface area is 146 Å². The van der Waals surface area contributed by atoms with Crippen LogP contribution in [0.25, 0.3) is 0 Å². The summed E-state index contributed by atoms with van der Waals surface area (Å²) in [6.07, 6.45) is 12.2. The summed E-state index contributed by atoms with van der Waals surface area (Å²) < 4.78 is 5.91. The number of allylic oxidation sites excluding steroid dienone is 2. The first-order valence-electron chi connectivity index (χ1n) is 9.65. The molecule has 1 saturated heterocycles. The van der Waals surface area contributed by atoms with Crippen LogP contribution >= 0.6 is 0 Å². The Morgan fingerprint density at radius 2 is 2.04 bits per heavy atom. The predicted octanol–water partition coefficient (Wildman–Crippen LogP) is 4.50. The first-order chi connectivity index (χ1) is 11.4. The number of carbonyl (C=O) groups excluding carboxylic acids is 1. The van der Waals surface area contributed by atoms with Crippen molar-refractivity contribution in [2.75, 3.05) is 7.05 Å². The number of piperidine rings is 1. The number of carbonyl (C=O) groups is 1. The molecular weight excluding hydrogens is 298 g/mol.